The number of methoxy groups -OCH3 is 1. The van der Waals surface area contributed by atoms with Crippen LogP contribution in [0.4, 0.5) is 4.39 Å². The van der Waals surface area contributed by atoms with Crippen molar-refractivity contribution >= 4 is 21.9 Å². The molecule has 12 heteroatoms. The van der Waals surface area contributed by atoms with Gasteiger partial charge < -0.3 is 14.6 Å². The first-order valence-electron chi connectivity index (χ1n) is 10.8. The zero-order valence-corrected chi connectivity index (χ0v) is 19.6. The molecule has 1 N–H and O–H groups in total. The Bertz CT molecular complexity index is 1340. The highest BCUT2D eigenvalue weighted by atomic mass is 32.2. The van der Waals surface area contributed by atoms with E-state index < -0.39 is 27.7 Å². The van der Waals surface area contributed by atoms with Gasteiger partial charge in [-0.3, -0.25) is 4.79 Å². The molecule has 1 fully saturated rings. The maximum absolute atomic E-state index is 13.4. The summed E-state index contributed by atoms with van der Waals surface area (Å²) in [5.41, 5.74) is 0.394. The molecule has 0 atom stereocenters. The van der Waals surface area contributed by atoms with E-state index in [1.807, 2.05) is 0 Å². The van der Waals surface area contributed by atoms with Crippen LogP contribution in [-0.2, 0) is 26.1 Å². The topological polar surface area (TPSA) is 132 Å². The van der Waals surface area contributed by atoms with Gasteiger partial charge in [-0.25, -0.2) is 17.6 Å². The summed E-state index contributed by atoms with van der Waals surface area (Å²) in [6, 6.07) is 11.6. The molecule has 2 aromatic carbocycles. The fraction of sp³-hybridized carbons (Fsp3) is 0.304. The molecule has 0 aliphatic carbocycles. The molecular formula is C23H23FN4O6S. The lowest BCUT2D eigenvalue weighted by Crippen LogP contribution is -2.43. The average Bonchev–Trinajstić information content (AvgIpc) is 3.36. The number of sulfonamides is 1. The number of rotatable bonds is 7. The van der Waals surface area contributed by atoms with E-state index >= 15 is 0 Å². The van der Waals surface area contributed by atoms with E-state index in [2.05, 4.69) is 15.5 Å². The normalized spacial score (nSPS) is 15.0. The minimum Gasteiger partial charge on any atom is -0.465 e. The summed E-state index contributed by atoms with van der Waals surface area (Å²) in [7, 11) is -2.75. The maximum Gasteiger partial charge on any atom is 0.339 e. The molecule has 1 saturated heterocycles. The number of carbonyl (C=O) groups excluding carboxylic acids is 2. The monoisotopic (exact) mass is 502 g/mol. The van der Waals surface area contributed by atoms with Gasteiger partial charge >= 0.3 is 5.97 Å². The van der Waals surface area contributed by atoms with Crippen molar-refractivity contribution in [3.63, 3.8) is 0 Å². The first kappa shape index (κ1) is 24.5. The molecule has 10 nitrogen and oxygen atoms in total. The Labute approximate surface area is 201 Å². The van der Waals surface area contributed by atoms with E-state index in [0.29, 0.717) is 18.4 Å². The van der Waals surface area contributed by atoms with E-state index in [4.69, 9.17) is 9.26 Å². The van der Waals surface area contributed by atoms with Crippen molar-refractivity contribution in [1.29, 1.82) is 0 Å². The van der Waals surface area contributed by atoms with E-state index in [0.717, 1.165) is 0 Å². The number of nitrogens with one attached hydrogen (secondary N) is 1. The molecule has 0 unspecified atom stereocenters. The number of hydrogen-bond acceptors (Lipinski definition) is 8. The summed E-state index contributed by atoms with van der Waals surface area (Å²) in [5, 5.41) is 6.53. The van der Waals surface area contributed by atoms with E-state index in [9.17, 15) is 22.4 Å². The summed E-state index contributed by atoms with van der Waals surface area (Å²) in [4.78, 5) is 28.7. The Morgan fingerprint density at radius 1 is 1.17 bits per heavy atom. The molecule has 0 saturated carbocycles. The second kappa shape index (κ2) is 10.3. The molecule has 0 bridgehead atoms. The van der Waals surface area contributed by atoms with Gasteiger partial charge in [0.2, 0.25) is 15.9 Å². The van der Waals surface area contributed by atoms with E-state index in [-0.39, 0.29) is 47.7 Å². The number of benzene rings is 2. The predicted octanol–water partition coefficient (Wildman–Crippen LogP) is 2.38. The summed E-state index contributed by atoms with van der Waals surface area (Å²) in [6.45, 7) is 0.270. The van der Waals surface area contributed by atoms with E-state index in [1.54, 1.807) is 12.1 Å². The third-order valence-electron chi connectivity index (χ3n) is 5.70. The molecule has 1 aliphatic heterocycles. The second-order valence-corrected chi connectivity index (χ2v) is 9.82. The number of nitrogens with zero attached hydrogens (tertiary/aromatic N) is 3. The third-order valence-corrected chi connectivity index (χ3v) is 7.65. The van der Waals surface area contributed by atoms with Crippen molar-refractivity contribution in [1.82, 2.24) is 19.8 Å². The standard InChI is InChI=1S/C23H23FN4O6S/c1-33-23(30)18-7-2-3-8-19(18)35(31,32)28-11-9-15(10-12-28)21(29)25-14-20-26-22(34-27-20)16-5-4-6-17(24)13-16/h2-8,13,15H,9-12,14H2,1H3,(H,25,29). The number of carbonyl (C=O) groups is 2. The minimum absolute atomic E-state index is 0.0165. The van der Waals surface area contributed by atoms with Gasteiger partial charge in [0, 0.05) is 24.6 Å². The Hall–Kier alpha value is -3.64. The number of esters is 1. The van der Waals surface area contributed by atoms with Crippen LogP contribution in [0.5, 0.6) is 0 Å². The first-order chi connectivity index (χ1) is 16.8. The van der Waals surface area contributed by atoms with Crippen molar-refractivity contribution in [2.75, 3.05) is 20.2 Å². The van der Waals surface area contributed by atoms with Crippen LogP contribution < -0.4 is 5.32 Å². The SMILES string of the molecule is COC(=O)c1ccccc1S(=O)(=O)N1CCC(C(=O)NCc2noc(-c3cccc(F)c3)n2)CC1. The molecule has 0 spiro atoms. The van der Waals surface area contributed by atoms with Gasteiger partial charge in [0.25, 0.3) is 5.89 Å². The van der Waals surface area contributed by atoms with Crippen molar-refractivity contribution in [3.8, 4) is 11.5 Å². The van der Waals surface area contributed by atoms with Crippen LogP contribution in [0.1, 0.15) is 29.0 Å². The lowest BCUT2D eigenvalue weighted by Gasteiger charge is -2.30. The summed E-state index contributed by atoms with van der Waals surface area (Å²) >= 11 is 0. The Morgan fingerprint density at radius 3 is 2.63 bits per heavy atom. The van der Waals surface area contributed by atoms with Gasteiger partial charge in [0.05, 0.1) is 24.1 Å². The quantitative estimate of drug-likeness (QED) is 0.487. The highest BCUT2D eigenvalue weighted by molar-refractivity contribution is 7.89. The molecule has 4 rings (SSSR count). The van der Waals surface area contributed by atoms with Crippen molar-refractivity contribution in [3.05, 3.63) is 65.7 Å². The second-order valence-electron chi connectivity index (χ2n) is 7.91. The van der Waals surface area contributed by atoms with Gasteiger partial charge in [0.15, 0.2) is 5.82 Å². The van der Waals surface area contributed by atoms with Crippen LogP contribution in [-0.4, -0.2) is 54.9 Å². The van der Waals surface area contributed by atoms with Gasteiger partial charge in [-0.2, -0.15) is 9.29 Å². The van der Waals surface area contributed by atoms with Gasteiger partial charge in [0.1, 0.15) is 5.82 Å². The summed E-state index contributed by atoms with van der Waals surface area (Å²) in [5.74, 6) is -1.45. The zero-order chi connectivity index (χ0) is 25.0. The maximum atomic E-state index is 13.4. The molecule has 3 aromatic rings. The van der Waals surface area contributed by atoms with Crippen LogP contribution in [0.2, 0.25) is 0 Å². The molecule has 1 amide bonds. The van der Waals surface area contributed by atoms with Crippen LogP contribution in [0.3, 0.4) is 0 Å². The Kier molecular flexibility index (Phi) is 7.22. The van der Waals surface area contributed by atoms with Crippen LogP contribution in [0.25, 0.3) is 11.5 Å². The van der Waals surface area contributed by atoms with Crippen molar-refractivity contribution < 1.29 is 31.7 Å². The number of amides is 1. The third kappa shape index (κ3) is 5.38. The van der Waals surface area contributed by atoms with E-state index in [1.165, 1.54) is 47.8 Å². The Morgan fingerprint density at radius 2 is 1.91 bits per heavy atom. The smallest absolute Gasteiger partial charge is 0.339 e. The lowest BCUT2D eigenvalue weighted by molar-refractivity contribution is -0.126. The average molecular weight is 503 g/mol. The number of ether oxygens (including phenoxy) is 1. The molecule has 35 heavy (non-hydrogen) atoms. The number of piperidine rings is 1. The highest BCUT2D eigenvalue weighted by Gasteiger charge is 2.34. The highest BCUT2D eigenvalue weighted by Crippen LogP contribution is 2.26. The summed E-state index contributed by atoms with van der Waals surface area (Å²) in [6.07, 6.45) is 0.623. The lowest BCUT2D eigenvalue weighted by atomic mass is 9.97. The van der Waals surface area contributed by atoms with Gasteiger partial charge in [-0.1, -0.05) is 23.4 Å². The summed E-state index contributed by atoms with van der Waals surface area (Å²) < 4.78 is 50.7. The van der Waals surface area contributed by atoms with Crippen molar-refractivity contribution in [2.45, 2.75) is 24.3 Å². The van der Waals surface area contributed by atoms with Gasteiger partial charge in [-0.15, -0.1) is 0 Å². The van der Waals surface area contributed by atoms with Crippen LogP contribution >= 0.6 is 0 Å². The number of halogens is 1. The zero-order valence-electron chi connectivity index (χ0n) is 18.8. The molecule has 1 aromatic heterocycles. The molecular weight excluding hydrogens is 479 g/mol. The fourth-order valence-electron chi connectivity index (χ4n) is 3.84. The number of hydrogen-bond donors (Lipinski definition) is 1. The first-order valence-corrected chi connectivity index (χ1v) is 12.3. The molecule has 2 heterocycles. The number of aromatic nitrogens is 2. The minimum atomic E-state index is -3.94. The Balaban J connectivity index is 1.34. The van der Waals surface area contributed by atoms with Gasteiger partial charge in [-0.05, 0) is 43.2 Å². The van der Waals surface area contributed by atoms with Crippen molar-refractivity contribution in [2.24, 2.45) is 5.92 Å². The molecule has 184 valence electrons. The van der Waals surface area contributed by atoms with Crippen LogP contribution in [0, 0.1) is 11.7 Å². The molecule has 1 aliphatic rings. The molecule has 0 radical (unpaired) electrons. The fourth-order valence-corrected chi connectivity index (χ4v) is 5.49. The van der Waals surface area contributed by atoms with Crippen LogP contribution in [0.15, 0.2) is 57.9 Å². The largest absolute Gasteiger partial charge is 0.465 e. The predicted molar refractivity (Wildman–Crippen MR) is 121 cm³/mol.